The van der Waals surface area contributed by atoms with Crippen LogP contribution in [0, 0.1) is 0 Å². The zero-order valence-corrected chi connectivity index (χ0v) is 32.4. The van der Waals surface area contributed by atoms with Crippen molar-refractivity contribution in [2.75, 3.05) is 84.1 Å². The quantitative estimate of drug-likeness (QED) is 0.150. The summed E-state index contributed by atoms with van der Waals surface area (Å²) in [6.45, 7) is 1.80. The maximum Gasteiger partial charge on any atom is 0.211 e. The average molecular weight is 727 g/mol. The summed E-state index contributed by atoms with van der Waals surface area (Å²) in [4.78, 5) is 4.77. The van der Waals surface area contributed by atoms with E-state index >= 15 is 0 Å². The van der Waals surface area contributed by atoms with Gasteiger partial charge >= 0.3 is 0 Å². The number of hydrogen-bond acceptors (Lipinski definition) is 11. The molecule has 53 heavy (non-hydrogen) atoms. The molecule has 0 fully saturated rings. The number of benzene rings is 4. The Kier molecular flexibility index (Phi) is 10.1. The van der Waals surface area contributed by atoms with E-state index in [1.807, 2.05) is 12.1 Å². The molecule has 3 aliphatic rings. The normalized spacial score (nSPS) is 17.5. The third-order valence-electron chi connectivity index (χ3n) is 11.2. The standard InChI is InChI=1S/C42H50N2O9/c1-43-15-13-23-19-32(46-4)33(47-5)21-27(23)29(43)17-24-11-12-31(45-3)40(38(24)49-7)53-35-20-25-18-30-36-26(14-16-44(30)2)39(50-8)42(52-10)41(51-9)37(36)28(25)22-34(35)48-6/h11-12,19-22,29-30H,13-18H2,1-10H3. The minimum Gasteiger partial charge on any atom is -0.493 e. The van der Waals surface area contributed by atoms with Crippen LogP contribution in [0.2, 0.25) is 0 Å². The number of hydrogen-bond donors (Lipinski definition) is 0. The van der Waals surface area contributed by atoms with Gasteiger partial charge in [-0.3, -0.25) is 9.80 Å². The maximum atomic E-state index is 6.85. The molecule has 0 radical (unpaired) electrons. The van der Waals surface area contributed by atoms with E-state index in [4.69, 9.17) is 42.6 Å². The molecule has 0 saturated carbocycles. The topological polar surface area (TPSA) is 89.6 Å². The molecule has 2 unspecified atom stereocenters. The number of ether oxygens (including phenoxy) is 9. The van der Waals surface area contributed by atoms with Crippen LogP contribution >= 0.6 is 0 Å². The molecule has 2 aliphatic heterocycles. The highest BCUT2D eigenvalue weighted by Gasteiger charge is 2.40. The van der Waals surface area contributed by atoms with Crippen LogP contribution in [-0.4, -0.2) is 93.9 Å². The Morgan fingerprint density at radius 1 is 0.566 bits per heavy atom. The summed E-state index contributed by atoms with van der Waals surface area (Å²) in [5, 5.41) is 0. The lowest BCUT2D eigenvalue weighted by molar-refractivity contribution is 0.222. The molecule has 11 nitrogen and oxygen atoms in total. The van der Waals surface area contributed by atoms with Gasteiger partial charge in [0.15, 0.2) is 46.0 Å². The lowest BCUT2D eigenvalue weighted by Gasteiger charge is -2.41. The summed E-state index contributed by atoms with van der Waals surface area (Å²) in [6, 6.07) is 12.5. The Bertz CT molecular complexity index is 2030. The van der Waals surface area contributed by atoms with Crippen LogP contribution in [0.5, 0.6) is 57.5 Å². The highest BCUT2D eigenvalue weighted by atomic mass is 16.6. The molecule has 2 heterocycles. The van der Waals surface area contributed by atoms with Crippen molar-refractivity contribution < 1.29 is 42.6 Å². The van der Waals surface area contributed by atoms with E-state index in [-0.39, 0.29) is 12.1 Å². The Morgan fingerprint density at radius 2 is 1.19 bits per heavy atom. The lowest BCUT2D eigenvalue weighted by Crippen LogP contribution is -2.36. The highest BCUT2D eigenvalue weighted by Crippen LogP contribution is 2.58. The Balaban J connectivity index is 1.33. The van der Waals surface area contributed by atoms with Crippen molar-refractivity contribution in [3.05, 3.63) is 69.8 Å². The molecule has 0 N–H and O–H groups in total. The average Bonchev–Trinajstić information content (AvgIpc) is 3.18. The Morgan fingerprint density at radius 3 is 1.85 bits per heavy atom. The van der Waals surface area contributed by atoms with Crippen LogP contribution < -0.4 is 42.6 Å². The van der Waals surface area contributed by atoms with Crippen LogP contribution in [0.1, 0.15) is 45.5 Å². The third kappa shape index (κ3) is 5.99. The molecule has 0 aromatic heterocycles. The van der Waals surface area contributed by atoms with Crippen LogP contribution in [0.3, 0.4) is 0 Å². The van der Waals surface area contributed by atoms with Crippen molar-refractivity contribution in [3.8, 4) is 68.6 Å². The molecule has 0 amide bonds. The van der Waals surface area contributed by atoms with Gasteiger partial charge in [0.1, 0.15) is 0 Å². The molecular weight excluding hydrogens is 676 g/mol. The van der Waals surface area contributed by atoms with Gasteiger partial charge in [-0.05, 0) is 97.9 Å². The molecule has 0 spiro atoms. The smallest absolute Gasteiger partial charge is 0.211 e. The van der Waals surface area contributed by atoms with Crippen molar-refractivity contribution in [1.29, 1.82) is 0 Å². The van der Waals surface area contributed by atoms with Crippen molar-refractivity contribution in [2.24, 2.45) is 0 Å². The van der Waals surface area contributed by atoms with E-state index in [1.54, 1.807) is 56.9 Å². The third-order valence-corrected chi connectivity index (χ3v) is 11.2. The van der Waals surface area contributed by atoms with E-state index in [0.29, 0.717) is 52.4 Å². The monoisotopic (exact) mass is 726 g/mol. The fraction of sp³-hybridized carbons (Fsp3) is 0.429. The largest absolute Gasteiger partial charge is 0.493 e. The summed E-state index contributed by atoms with van der Waals surface area (Å²) >= 11 is 0. The summed E-state index contributed by atoms with van der Waals surface area (Å²) in [7, 11) is 17.6. The summed E-state index contributed by atoms with van der Waals surface area (Å²) in [5.74, 6) is 6.17. The van der Waals surface area contributed by atoms with Gasteiger partial charge in [0, 0.05) is 41.9 Å². The van der Waals surface area contributed by atoms with Gasteiger partial charge in [-0.25, -0.2) is 0 Å². The zero-order valence-electron chi connectivity index (χ0n) is 32.4. The summed E-state index contributed by atoms with van der Waals surface area (Å²) in [6.07, 6.45) is 3.19. The van der Waals surface area contributed by atoms with E-state index in [0.717, 1.165) is 71.7 Å². The lowest BCUT2D eigenvalue weighted by atomic mass is 9.76. The van der Waals surface area contributed by atoms with Crippen molar-refractivity contribution in [1.82, 2.24) is 9.80 Å². The predicted molar refractivity (Wildman–Crippen MR) is 203 cm³/mol. The number of likely N-dealkylation sites (N-methyl/N-ethyl adjacent to an activating group) is 2. The van der Waals surface area contributed by atoms with E-state index < -0.39 is 0 Å². The molecule has 0 saturated heterocycles. The molecule has 11 heteroatoms. The fourth-order valence-corrected chi connectivity index (χ4v) is 8.57. The SMILES string of the molecule is COc1cc2c(cc1OC)C(Cc1ccc(OC)c(Oc3cc4c(cc3OC)-c3c(OC)c(OC)c(OC)c5c3C(C4)N(C)CC5)c1OC)N(C)CC2. The molecule has 2 atom stereocenters. The van der Waals surface area contributed by atoms with Crippen molar-refractivity contribution in [2.45, 2.75) is 37.8 Å². The molecule has 0 bridgehead atoms. The highest BCUT2D eigenvalue weighted by molar-refractivity contribution is 5.87. The number of fused-ring (bicyclic) bond motifs is 3. The second-order valence-corrected chi connectivity index (χ2v) is 13.7. The molecule has 4 aromatic carbocycles. The zero-order chi connectivity index (χ0) is 37.6. The van der Waals surface area contributed by atoms with Gasteiger partial charge in [-0.1, -0.05) is 6.07 Å². The molecule has 7 rings (SSSR count). The predicted octanol–water partition coefficient (Wildman–Crippen LogP) is 7.07. The molecule has 282 valence electrons. The van der Waals surface area contributed by atoms with E-state index in [9.17, 15) is 0 Å². The Labute approximate surface area is 312 Å². The molecule has 1 aliphatic carbocycles. The van der Waals surface area contributed by atoms with E-state index in [1.165, 1.54) is 16.7 Å². The minimum absolute atomic E-state index is 0.0648. The first-order valence-electron chi connectivity index (χ1n) is 17.9. The van der Waals surface area contributed by atoms with Crippen LogP contribution in [-0.2, 0) is 25.7 Å². The van der Waals surface area contributed by atoms with Gasteiger partial charge in [0.25, 0.3) is 0 Å². The fourth-order valence-electron chi connectivity index (χ4n) is 8.57. The van der Waals surface area contributed by atoms with Gasteiger partial charge in [-0.2, -0.15) is 0 Å². The van der Waals surface area contributed by atoms with Crippen LogP contribution in [0.15, 0.2) is 36.4 Å². The molecule has 4 aromatic rings. The van der Waals surface area contributed by atoms with Crippen molar-refractivity contribution in [3.63, 3.8) is 0 Å². The minimum atomic E-state index is 0.0648. The van der Waals surface area contributed by atoms with Crippen molar-refractivity contribution >= 4 is 0 Å². The van der Waals surface area contributed by atoms with Gasteiger partial charge in [0.05, 0.1) is 56.9 Å². The van der Waals surface area contributed by atoms with Gasteiger partial charge in [0.2, 0.25) is 11.5 Å². The van der Waals surface area contributed by atoms with E-state index in [2.05, 4.69) is 48.2 Å². The number of rotatable bonds is 12. The summed E-state index contributed by atoms with van der Waals surface area (Å²) in [5.41, 5.74) is 8.89. The number of nitrogens with zero attached hydrogens (tertiary/aromatic N) is 2. The number of methoxy groups -OCH3 is 8. The first-order valence-corrected chi connectivity index (χ1v) is 17.9. The maximum absolute atomic E-state index is 6.85. The second kappa shape index (κ2) is 14.8. The van der Waals surface area contributed by atoms with Gasteiger partial charge in [-0.15, -0.1) is 0 Å². The first-order chi connectivity index (χ1) is 25.7. The summed E-state index contributed by atoms with van der Waals surface area (Å²) < 4.78 is 54.2. The molecular formula is C42H50N2O9. The van der Waals surface area contributed by atoms with Crippen LogP contribution in [0.25, 0.3) is 11.1 Å². The van der Waals surface area contributed by atoms with Gasteiger partial charge < -0.3 is 42.6 Å². The second-order valence-electron chi connectivity index (χ2n) is 13.7. The Hall–Kier alpha value is -5.00. The van der Waals surface area contributed by atoms with Crippen LogP contribution in [0.4, 0.5) is 0 Å². The first kappa shape index (κ1) is 36.4.